The molecule has 106 valence electrons. The minimum Gasteiger partial charge on any atom is -0.390 e. The Morgan fingerprint density at radius 1 is 1.21 bits per heavy atom. The summed E-state index contributed by atoms with van der Waals surface area (Å²) in [5.41, 5.74) is 2.20. The van der Waals surface area contributed by atoms with E-state index in [1.807, 2.05) is 13.8 Å². The largest absolute Gasteiger partial charge is 0.390 e. The van der Waals surface area contributed by atoms with Gasteiger partial charge in [0.1, 0.15) is 0 Å². The maximum atomic E-state index is 10.1. The monoisotopic (exact) mass is 261 g/mol. The predicted molar refractivity (Wildman–Crippen MR) is 81.8 cm³/mol. The number of rotatable bonds is 3. The summed E-state index contributed by atoms with van der Waals surface area (Å²) in [6.45, 7) is 10.4. The molecule has 0 aliphatic carbocycles. The van der Waals surface area contributed by atoms with E-state index in [1.54, 1.807) is 0 Å². The second kappa shape index (κ2) is 5.54. The highest BCUT2D eigenvalue weighted by Gasteiger charge is 2.30. The van der Waals surface area contributed by atoms with Crippen molar-refractivity contribution in [2.24, 2.45) is 5.92 Å². The lowest BCUT2D eigenvalue weighted by Gasteiger charge is -2.39. The molecular formula is C17H27NO. The molecule has 1 N–H and O–H groups in total. The smallest absolute Gasteiger partial charge is 0.0621 e. The Morgan fingerprint density at radius 2 is 1.84 bits per heavy atom. The van der Waals surface area contributed by atoms with E-state index >= 15 is 0 Å². The van der Waals surface area contributed by atoms with Gasteiger partial charge in [-0.1, -0.05) is 26.0 Å². The van der Waals surface area contributed by atoms with Crippen molar-refractivity contribution in [3.8, 4) is 0 Å². The highest BCUT2D eigenvalue weighted by atomic mass is 16.3. The molecule has 2 rings (SSSR count). The average Bonchev–Trinajstić information content (AvgIpc) is 2.38. The van der Waals surface area contributed by atoms with Gasteiger partial charge < -0.3 is 10.0 Å². The number of piperidine rings is 1. The first-order valence-corrected chi connectivity index (χ1v) is 7.45. The Morgan fingerprint density at radius 3 is 2.37 bits per heavy atom. The molecule has 1 aromatic carbocycles. The van der Waals surface area contributed by atoms with Crippen molar-refractivity contribution >= 4 is 5.69 Å². The number of hydrogen-bond acceptors (Lipinski definition) is 2. The van der Waals surface area contributed by atoms with Crippen LogP contribution in [-0.2, 0) is 0 Å². The lowest BCUT2D eigenvalue weighted by molar-refractivity contribution is 0.00651. The lowest BCUT2D eigenvalue weighted by atomic mass is 9.83. The van der Waals surface area contributed by atoms with Crippen LogP contribution in [0.2, 0.25) is 0 Å². The summed E-state index contributed by atoms with van der Waals surface area (Å²) in [6, 6.07) is 8.88. The van der Waals surface area contributed by atoms with Gasteiger partial charge in [-0.2, -0.15) is 0 Å². The third-order valence-corrected chi connectivity index (χ3v) is 4.40. The van der Waals surface area contributed by atoms with Crippen molar-refractivity contribution in [3.63, 3.8) is 0 Å². The van der Waals surface area contributed by atoms with Crippen LogP contribution in [-0.4, -0.2) is 23.8 Å². The highest BCUT2D eigenvalue weighted by Crippen LogP contribution is 2.31. The molecule has 1 aromatic rings. The van der Waals surface area contributed by atoms with Crippen molar-refractivity contribution in [1.29, 1.82) is 0 Å². The van der Waals surface area contributed by atoms with Gasteiger partial charge in [0.2, 0.25) is 0 Å². The summed E-state index contributed by atoms with van der Waals surface area (Å²) in [4.78, 5) is 2.45. The Hall–Kier alpha value is -1.02. The average molecular weight is 261 g/mol. The predicted octanol–water partition coefficient (Wildman–Crippen LogP) is 3.80. The van der Waals surface area contributed by atoms with Gasteiger partial charge in [-0.15, -0.1) is 0 Å². The first-order chi connectivity index (χ1) is 8.88. The Balaban J connectivity index is 2.03. The molecule has 0 radical (unpaired) electrons. The topological polar surface area (TPSA) is 23.5 Å². The molecule has 1 heterocycles. The van der Waals surface area contributed by atoms with Gasteiger partial charge >= 0.3 is 0 Å². The van der Waals surface area contributed by atoms with E-state index in [0.717, 1.165) is 25.9 Å². The fraction of sp³-hybridized carbons (Fsp3) is 0.647. The molecule has 0 spiro atoms. The van der Waals surface area contributed by atoms with Crippen LogP contribution in [0.4, 0.5) is 5.69 Å². The Bertz CT molecular complexity index is 412. The van der Waals surface area contributed by atoms with Crippen LogP contribution < -0.4 is 4.90 Å². The first-order valence-electron chi connectivity index (χ1n) is 7.45. The van der Waals surface area contributed by atoms with Gasteiger partial charge in [0.25, 0.3) is 0 Å². The van der Waals surface area contributed by atoms with E-state index in [2.05, 4.69) is 43.0 Å². The number of aliphatic hydroxyl groups is 1. The fourth-order valence-corrected chi connectivity index (χ4v) is 2.92. The summed E-state index contributed by atoms with van der Waals surface area (Å²) >= 11 is 0. The molecule has 2 heteroatoms. The molecule has 0 saturated carbocycles. The standard InChI is InChI=1S/C17H27NO/c1-13(2)14-6-5-7-16(12-14)18-10-8-15(9-11-18)17(3,4)19/h5-7,12-13,15,19H,8-11H2,1-4H3. The van der Waals surface area contributed by atoms with Crippen LogP contribution in [0.5, 0.6) is 0 Å². The van der Waals surface area contributed by atoms with E-state index in [9.17, 15) is 5.11 Å². The Kier molecular flexibility index (Phi) is 4.19. The van der Waals surface area contributed by atoms with Gasteiger partial charge in [0, 0.05) is 18.8 Å². The minimum absolute atomic E-state index is 0.428. The van der Waals surface area contributed by atoms with Gasteiger partial charge in [0.15, 0.2) is 0 Å². The van der Waals surface area contributed by atoms with E-state index in [0.29, 0.717) is 11.8 Å². The summed E-state index contributed by atoms with van der Waals surface area (Å²) in [6.07, 6.45) is 2.16. The van der Waals surface area contributed by atoms with E-state index in [1.165, 1.54) is 11.3 Å². The molecule has 2 nitrogen and oxygen atoms in total. The normalized spacial score (nSPS) is 18.1. The second-order valence-electron chi connectivity index (χ2n) is 6.66. The summed E-state index contributed by atoms with van der Waals surface area (Å²) < 4.78 is 0. The van der Waals surface area contributed by atoms with Crippen molar-refractivity contribution in [1.82, 2.24) is 0 Å². The van der Waals surface area contributed by atoms with Crippen molar-refractivity contribution < 1.29 is 5.11 Å². The zero-order chi connectivity index (χ0) is 14.0. The van der Waals surface area contributed by atoms with Gasteiger partial charge in [-0.25, -0.2) is 0 Å². The van der Waals surface area contributed by atoms with E-state index in [-0.39, 0.29) is 0 Å². The lowest BCUT2D eigenvalue weighted by Crippen LogP contribution is -2.41. The molecule has 0 atom stereocenters. The number of nitrogens with zero attached hydrogens (tertiary/aromatic N) is 1. The molecule has 0 aromatic heterocycles. The van der Waals surface area contributed by atoms with Crippen LogP contribution in [0, 0.1) is 5.92 Å². The molecule has 0 bridgehead atoms. The van der Waals surface area contributed by atoms with Crippen LogP contribution >= 0.6 is 0 Å². The van der Waals surface area contributed by atoms with E-state index in [4.69, 9.17) is 0 Å². The van der Waals surface area contributed by atoms with Gasteiger partial charge in [-0.05, 0) is 56.2 Å². The zero-order valence-corrected chi connectivity index (χ0v) is 12.7. The third kappa shape index (κ3) is 3.50. The van der Waals surface area contributed by atoms with Crippen LogP contribution in [0.3, 0.4) is 0 Å². The van der Waals surface area contributed by atoms with E-state index < -0.39 is 5.60 Å². The van der Waals surface area contributed by atoms with Crippen molar-refractivity contribution in [2.75, 3.05) is 18.0 Å². The van der Waals surface area contributed by atoms with Crippen molar-refractivity contribution in [2.45, 2.75) is 52.1 Å². The van der Waals surface area contributed by atoms with Crippen LogP contribution in [0.25, 0.3) is 0 Å². The van der Waals surface area contributed by atoms with Crippen LogP contribution in [0.1, 0.15) is 52.0 Å². The molecule has 1 saturated heterocycles. The maximum Gasteiger partial charge on any atom is 0.0621 e. The van der Waals surface area contributed by atoms with Gasteiger partial charge in [-0.3, -0.25) is 0 Å². The zero-order valence-electron chi connectivity index (χ0n) is 12.7. The molecule has 1 aliphatic heterocycles. The maximum absolute atomic E-state index is 10.1. The van der Waals surface area contributed by atoms with Crippen molar-refractivity contribution in [3.05, 3.63) is 29.8 Å². The third-order valence-electron chi connectivity index (χ3n) is 4.40. The molecule has 19 heavy (non-hydrogen) atoms. The minimum atomic E-state index is -0.536. The molecule has 1 fully saturated rings. The SMILES string of the molecule is CC(C)c1cccc(N2CCC(C(C)(C)O)CC2)c1. The molecule has 0 amide bonds. The molecule has 1 aliphatic rings. The number of anilines is 1. The second-order valence-corrected chi connectivity index (χ2v) is 6.66. The summed E-state index contributed by atoms with van der Waals surface area (Å²) in [5.74, 6) is 1.01. The van der Waals surface area contributed by atoms with Crippen LogP contribution in [0.15, 0.2) is 24.3 Å². The quantitative estimate of drug-likeness (QED) is 0.894. The molecular weight excluding hydrogens is 234 g/mol. The number of benzene rings is 1. The fourth-order valence-electron chi connectivity index (χ4n) is 2.92. The highest BCUT2D eigenvalue weighted by molar-refractivity contribution is 5.49. The summed E-state index contributed by atoms with van der Waals surface area (Å²) in [7, 11) is 0. The first kappa shape index (κ1) is 14.4. The number of hydrogen-bond donors (Lipinski definition) is 1. The Labute approximate surface area is 117 Å². The van der Waals surface area contributed by atoms with Gasteiger partial charge in [0.05, 0.1) is 5.60 Å². The summed E-state index contributed by atoms with van der Waals surface area (Å²) in [5, 5.41) is 10.1. The molecule has 0 unspecified atom stereocenters.